The van der Waals surface area contributed by atoms with Crippen molar-refractivity contribution in [3.63, 3.8) is 0 Å². The van der Waals surface area contributed by atoms with Gasteiger partial charge >= 0.3 is 0 Å². The van der Waals surface area contributed by atoms with Crippen LogP contribution in [-0.2, 0) is 0 Å². The van der Waals surface area contributed by atoms with Crippen LogP contribution >= 0.6 is 0 Å². The summed E-state index contributed by atoms with van der Waals surface area (Å²) >= 11 is 0. The molecular weight excluding hydrogens is 230 g/mol. The van der Waals surface area contributed by atoms with Crippen LogP contribution in [0.25, 0.3) is 0 Å². The molecule has 0 aliphatic rings. The van der Waals surface area contributed by atoms with E-state index in [0.717, 1.165) is 6.54 Å². The average molecular weight is 263 g/mol. The number of allylic oxidation sites excluding steroid dienone is 6. The summed E-state index contributed by atoms with van der Waals surface area (Å²) in [6.45, 7) is 3.05. The second kappa shape index (κ2) is 17.2. The van der Waals surface area contributed by atoms with E-state index in [4.69, 9.17) is 5.73 Å². The number of nitrogens with two attached hydrogens (primary N) is 1. The van der Waals surface area contributed by atoms with E-state index in [-0.39, 0.29) is 0 Å². The van der Waals surface area contributed by atoms with Crippen LogP contribution in [0.1, 0.15) is 71.1 Å². The Bertz CT molecular complexity index is 238. The fourth-order valence-corrected chi connectivity index (χ4v) is 1.93. The van der Waals surface area contributed by atoms with E-state index in [1.165, 1.54) is 64.2 Å². The van der Waals surface area contributed by atoms with Crippen LogP contribution in [0.4, 0.5) is 0 Å². The highest BCUT2D eigenvalue weighted by Crippen LogP contribution is 2.08. The Morgan fingerprint density at radius 1 is 0.632 bits per heavy atom. The lowest BCUT2D eigenvalue weighted by molar-refractivity contribution is 0.584. The van der Waals surface area contributed by atoms with Crippen molar-refractivity contribution in [1.29, 1.82) is 0 Å². The molecule has 1 nitrogen and oxygen atoms in total. The first kappa shape index (κ1) is 18.2. The van der Waals surface area contributed by atoms with Crippen LogP contribution in [-0.4, -0.2) is 6.54 Å². The monoisotopic (exact) mass is 263 g/mol. The summed E-state index contributed by atoms with van der Waals surface area (Å²) < 4.78 is 0. The van der Waals surface area contributed by atoms with Gasteiger partial charge in [0, 0.05) is 0 Å². The molecule has 110 valence electrons. The van der Waals surface area contributed by atoms with E-state index in [9.17, 15) is 0 Å². The highest BCUT2D eigenvalue weighted by Gasteiger charge is 1.89. The van der Waals surface area contributed by atoms with E-state index in [1.807, 2.05) is 0 Å². The summed E-state index contributed by atoms with van der Waals surface area (Å²) in [5, 5.41) is 0. The first-order valence-electron chi connectivity index (χ1n) is 8.10. The van der Waals surface area contributed by atoms with Crippen molar-refractivity contribution in [1.82, 2.24) is 0 Å². The Hall–Kier alpha value is -0.820. The third kappa shape index (κ3) is 17.2. The molecule has 0 unspecified atom stereocenters. The minimum absolute atomic E-state index is 0.853. The minimum atomic E-state index is 0.853. The molecule has 0 aromatic heterocycles. The van der Waals surface area contributed by atoms with Crippen molar-refractivity contribution in [3.8, 4) is 0 Å². The maximum absolute atomic E-state index is 5.47. The summed E-state index contributed by atoms with van der Waals surface area (Å²) in [6.07, 6.45) is 26.0. The van der Waals surface area contributed by atoms with Crippen molar-refractivity contribution in [2.45, 2.75) is 71.1 Å². The van der Waals surface area contributed by atoms with Gasteiger partial charge in [-0.1, -0.05) is 81.9 Å². The second-order valence-electron chi connectivity index (χ2n) is 5.08. The second-order valence-corrected chi connectivity index (χ2v) is 5.08. The fraction of sp³-hybridized carbons (Fsp3) is 0.667. The molecule has 0 aromatic carbocycles. The molecule has 0 rings (SSSR count). The molecule has 19 heavy (non-hydrogen) atoms. The zero-order chi connectivity index (χ0) is 14.0. The first-order chi connectivity index (χ1) is 9.41. The third-order valence-corrected chi connectivity index (χ3v) is 3.14. The number of rotatable bonds is 13. The van der Waals surface area contributed by atoms with Gasteiger partial charge in [0.05, 0.1) is 0 Å². The lowest BCUT2D eigenvalue weighted by Gasteiger charge is -1.99. The quantitative estimate of drug-likeness (QED) is 0.343. The largest absolute Gasteiger partial charge is 0.330 e. The number of unbranched alkanes of at least 4 members (excludes halogenated alkanes) is 8. The van der Waals surface area contributed by atoms with Crippen LogP contribution in [0.5, 0.6) is 0 Å². The van der Waals surface area contributed by atoms with Gasteiger partial charge in [-0.15, -0.1) is 0 Å². The van der Waals surface area contributed by atoms with Gasteiger partial charge in [0.15, 0.2) is 0 Å². The van der Waals surface area contributed by atoms with Crippen LogP contribution < -0.4 is 5.73 Å². The highest BCUT2D eigenvalue weighted by molar-refractivity contribution is 5.10. The molecule has 0 bridgehead atoms. The summed E-state index contributed by atoms with van der Waals surface area (Å²) in [5.41, 5.74) is 5.47. The third-order valence-electron chi connectivity index (χ3n) is 3.14. The molecule has 0 heterocycles. The van der Waals surface area contributed by atoms with Gasteiger partial charge in [-0.25, -0.2) is 0 Å². The molecule has 2 N–H and O–H groups in total. The van der Waals surface area contributed by atoms with Crippen molar-refractivity contribution < 1.29 is 0 Å². The van der Waals surface area contributed by atoms with Gasteiger partial charge in [-0.05, 0) is 32.2 Å². The Labute approximate surface area is 120 Å². The van der Waals surface area contributed by atoms with Crippen LogP contribution in [0.15, 0.2) is 36.5 Å². The molecule has 0 spiro atoms. The number of hydrogen-bond acceptors (Lipinski definition) is 1. The Morgan fingerprint density at radius 3 is 1.74 bits per heavy atom. The van der Waals surface area contributed by atoms with E-state index in [1.54, 1.807) is 0 Å². The summed E-state index contributed by atoms with van der Waals surface area (Å²) in [5.74, 6) is 0. The Morgan fingerprint density at radius 2 is 1.16 bits per heavy atom. The molecule has 1 heteroatoms. The van der Waals surface area contributed by atoms with E-state index >= 15 is 0 Å². The van der Waals surface area contributed by atoms with Crippen molar-refractivity contribution in [2.24, 2.45) is 5.73 Å². The smallest absolute Gasteiger partial charge is 0.00773 e. The Kier molecular flexibility index (Phi) is 16.4. The SMILES string of the molecule is CCC/C=C/C=C/C=C/CCCCCCCCCN. The molecule has 0 aromatic rings. The molecule has 0 aliphatic heterocycles. The lowest BCUT2D eigenvalue weighted by Crippen LogP contribution is -1.97. The van der Waals surface area contributed by atoms with Gasteiger partial charge < -0.3 is 5.73 Å². The maximum atomic E-state index is 5.47. The van der Waals surface area contributed by atoms with E-state index < -0.39 is 0 Å². The molecule has 0 fully saturated rings. The zero-order valence-electron chi connectivity index (χ0n) is 12.8. The topological polar surface area (TPSA) is 26.0 Å². The van der Waals surface area contributed by atoms with Gasteiger partial charge in [0.25, 0.3) is 0 Å². The summed E-state index contributed by atoms with van der Waals surface area (Å²) in [6, 6.07) is 0. The summed E-state index contributed by atoms with van der Waals surface area (Å²) in [7, 11) is 0. The van der Waals surface area contributed by atoms with Gasteiger partial charge in [-0.3, -0.25) is 0 Å². The van der Waals surface area contributed by atoms with E-state index in [2.05, 4.69) is 43.4 Å². The molecule has 0 aliphatic carbocycles. The molecule has 0 radical (unpaired) electrons. The molecule has 0 atom stereocenters. The van der Waals surface area contributed by atoms with E-state index in [0.29, 0.717) is 0 Å². The molecule has 0 saturated carbocycles. The molecule has 0 saturated heterocycles. The zero-order valence-corrected chi connectivity index (χ0v) is 12.8. The van der Waals surface area contributed by atoms with Gasteiger partial charge in [-0.2, -0.15) is 0 Å². The van der Waals surface area contributed by atoms with Crippen molar-refractivity contribution >= 4 is 0 Å². The summed E-state index contributed by atoms with van der Waals surface area (Å²) in [4.78, 5) is 0. The molecular formula is C18H33N. The first-order valence-corrected chi connectivity index (χ1v) is 8.10. The normalized spacial score (nSPS) is 12.3. The van der Waals surface area contributed by atoms with Crippen LogP contribution in [0.2, 0.25) is 0 Å². The number of hydrogen-bond donors (Lipinski definition) is 1. The van der Waals surface area contributed by atoms with Gasteiger partial charge in [0.2, 0.25) is 0 Å². The minimum Gasteiger partial charge on any atom is -0.330 e. The predicted octanol–water partition coefficient (Wildman–Crippen LogP) is 5.53. The fourth-order valence-electron chi connectivity index (χ4n) is 1.93. The Balaban J connectivity index is 3.20. The highest BCUT2D eigenvalue weighted by atomic mass is 14.5. The predicted molar refractivity (Wildman–Crippen MR) is 88.3 cm³/mol. The van der Waals surface area contributed by atoms with Crippen molar-refractivity contribution in [3.05, 3.63) is 36.5 Å². The van der Waals surface area contributed by atoms with Crippen molar-refractivity contribution in [2.75, 3.05) is 6.54 Å². The van der Waals surface area contributed by atoms with Crippen LogP contribution in [0.3, 0.4) is 0 Å². The molecule has 0 amide bonds. The standard InChI is InChI=1S/C18H33N/c1-2-3-4-5-6-7-8-9-10-11-12-13-14-15-16-17-18-19/h4-9H,2-3,10-19H2,1H3/b5-4+,7-6+,9-8+. The van der Waals surface area contributed by atoms with Crippen LogP contribution in [0, 0.1) is 0 Å². The van der Waals surface area contributed by atoms with Gasteiger partial charge in [0.1, 0.15) is 0 Å². The maximum Gasteiger partial charge on any atom is -0.00773 e. The average Bonchev–Trinajstić information content (AvgIpc) is 2.43. The lowest BCUT2D eigenvalue weighted by atomic mass is 10.1.